The van der Waals surface area contributed by atoms with E-state index in [1.54, 1.807) is 12.1 Å². The van der Waals surface area contributed by atoms with E-state index in [1.807, 2.05) is 6.07 Å². The van der Waals surface area contributed by atoms with E-state index in [-0.39, 0.29) is 0 Å². The van der Waals surface area contributed by atoms with Crippen LogP contribution in [0, 0.1) is 0 Å². The van der Waals surface area contributed by atoms with Crippen LogP contribution in [0.5, 0.6) is 0 Å². The van der Waals surface area contributed by atoms with Crippen LogP contribution >= 0.6 is 0 Å². The number of nitrogens with zero attached hydrogens (tertiary/aromatic N) is 2. The number of benzene rings is 1. The van der Waals surface area contributed by atoms with Crippen molar-refractivity contribution in [3.8, 4) is 0 Å². The van der Waals surface area contributed by atoms with E-state index >= 15 is 0 Å². The highest BCUT2D eigenvalue weighted by Gasteiger charge is 2.30. The Bertz CT molecular complexity index is 528. The maximum absolute atomic E-state index is 11.6. The number of ether oxygens (including phenoxy) is 1. The first-order chi connectivity index (χ1) is 10.1. The number of hydrogen-bond donors (Lipinski definition) is 2. The Morgan fingerprint density at radius 1 is 1.24 bits per heavy atom. The van der Waals surface area contributed by atoms with Crippen LogP contribution in [0.3, 0.4) is 0 Å². The summed E-state index contributed by atoms with van der Waals surface area (Å²) in [5.74, 6) is -0.403. The predicted octanol–water partition coefficient (Wildman–Crippen LogP) is 0.279. The summed E-state index contributed by atoms with van der Waals surface area (Å²) in [4.78, 5) is 16.3. The normalized spacial score (nSPS) is 23.4. The molecular formula is C15H22N4O2. The van der Waals surface area contributed by atoms with Gasteiger partial charge < -0.3 is 21.1 Å². The molecule has 1 atom stereocenters. The summed E-state index contributed by atoms with van der Waals surface area (Å²) in [5, 5.41) is 0. The molecule has 114 valence electrons. The number of morpholine rings is 1. The summed E-state index contributed by atoms with van der Waals surface area (Å²) >= 11 is 0. The van der Waals surface area contributed by atoms with E-state index in [0.717, 1.165) is 51.5 Å². The van der Waals surface area contributed by atoms with Crippen molar-refractivity contribution >= 4 is 17.3 Å². The number of anilines is 2. The molecule has 0 bridgehead atoms. The van der Waals surface area contributed by atoms with Crippen molar-refractivity contribution in [2.24, 2.45) is 5.73 Å². The summed E-state index contributed by atoms with van der Waals surface area (Å²) < 4.78 is 5.40. The van der Waals surface area contributed by atoms with E-state index in [9.17, 15) is 4.79 Å². The molecule has 6 nitrogen and oxygen atoms in total. The maximum Gasteiger partial charge on any atom is 0.250 e. The molecule has 21 heavy (non-hydrogen) atoms. The van der Waals surface area contributed by atoms with Gasteiger partial charge in [0.15, 0.2) is 0 Å². The van der Waals surface area contributed by atoms with Crippen molar-refractivity contribution in [3.63, 3.8) is 0 Å². The number of nitrogen functional groups attached to an aromatic ring is 1. The molecule has 2 aliphatic heterocycles. The molecule has 1 unspecified atom stereocenters. The van der Waals surface area contributed by atoms with E-state index in [2.05, 4.69) is 9.80 Å². The lowest BCUT2D eigenvalue weighted by Crippen LogP contribution is -2.44. The lowest BCUT2D eigenvalue weighted by Gasteiger charge is -2.32. The fourth-order valence-electron chi connectivity index (χ4n) is 3.22. The molecule has 2 fully saturated rings. The summed E-state index contributed by atoms with van der Waals surface area (Å²) in [7, 11) is 0. The van der Waals surface area contributed by atoms with Crippen LogP contribution in [0.4, 0.5) is 11.4 Å². The van der Waals surface area contributed by atoms with Gasteiger partial charge in [-0.1, -0.05) is 0 Å². The Labute approximate surface area is 124 Å². The quantitative estimate of drug-likeness (QED) is 0.781. The van der Waals surface area contributed by atoms with Crippen LogP contribution in [0.1, 0.15) is 16.8 Å². The van der Waals surface area contributed by atoms with Crippen molar-refractivity contribution in [1.29, 1.82) is 0 Å². The monoisotopic (exact) mass is 290 g/mol. The average Bonchev–Trinajstić information content (AvgIpc) is 2.97. The average molecular weight is 290 g/mol. The second-order valence-corrected chi connectivity index (χ2v) is 5.68. The zero-order valence-electron chi connectivity index (χ0n) is 12.1. The van der Waals surface area contributed by atoms with Crippen LogP contribution in [0.15, 0.2) is 18.2 Å². The van der Waals surface area contributed by atoms with Crippen LogP contribution in [0.25, 0.3) is 0 Å². The van der Waals surface area contributed by atoms with Gasteiger partial charge in [-0.3, -0.25) is 9.69 Å². The molecule has 2 aliphatic rings. The molecule has 1 aromatic rings. The molecule has 6 heteroatoms. The zero-order valence-corrected chi connectivity index (χ0v) is 12.1. The van der Waals surface area contributed by atoms with Crippen LogP contribution < -0.4 is 16.4 Å². The van der Waals surface area contributed by atoms with E-state index in [1.165, 1.54) is 0 Å². The molecule has 2 saturated heterocycles. The Balaban J connectivity index is 1.76. The minimum atomic E-state index is -0.403. The van der Waals surface area contributed by atoms with Crippen molar-refractivity contribution in [2.45, 2.75) is 12.5 Å². The highest BCUT2D eigenvalue weighted by atomic mass is 16.5. The lowest BCUT2D eigenvalue weighted by atomic mass is 10.1. The highest BCUT2D eigenvalue weighted by molar-refractivity contribution is 5.99. The molecule has 0 aliphatic carbocycles. The number of carbonyl (C=O) groups excluding carboxylic acids is 1. The van der Waals surface area contributed by atoms with E-state index < -0.39 is 5.91 Å². The lowest BCUT2D eigenvalue weighted by molar-refractivity contribution is 0.0209. The SMILES string of the molecule is NC(=O)c1ccc(N)cc1N1CCC(N2CCOCC2)C1. The molecule has 0 radical (unpaired) electrons. The molecule has 3 rings (SSSR count). The van der Waals surface area contributed by atoms with Gasteiger partial charge in [0.05, 0.1) is 24.5 Å². The van der Waals surface area contributed by atoms with Gasteiger partial charge in [-0.05, 0) is 24.6 Å². The minimum Gasteiger partial charge on any atom is -0.399 e. The van der Waals surface area contributed by atoms with Gasteiger partial charge in [-0.2, -0.15) is 0 Å². The largest absolute Gasteiger partial charge is 0.399 e. The fraction of sp³-hybridized carbons (Fsp3) is 0.533. The predicted molar refractivity (Wildman–Crippen MR) is 82.4 cm³/mol. The number of primary amides is 1. The Hall–Kier alpha value is -1.79. The minimum absolute atomic E-state index is 0.403. The fourth-order valence-corrected chi connectivity index (χ4v) is 3.22. The molecular weight excluding hydrogens is 268 g/mol. The Morgan fingerprint density at radius 2 is 2.00 bits per heavy atom. The third-order valence-electron chi connectivity index (χ3n) is 4.35. The Kier molecular flexibility index (Phi) is 3.98. The number of carbonyl (C=O) groups is 1. The van der Waals surface area contributed by atoms with Crippen molar-refractivity contribution in [3.05, 3.63) is 23.8 Å². The van der Waals surface area contributed by atoms with Crippen LogP contribution in [-0.4, -0.2) is 56.2 Å². The van der Waals surface area contributed by atoms with Crippen LogP contribution in [-0.2, 0) is 4.74 Å². The van der Waals surface area contributed by atoms with E-state index in [4.69, 9.17) is 16.2 Å². The van der Waals surface area contributed by atoms with Gasteiger partial charge in [-0.15, -0.1) is 0 Å². The molecule has 0 saturated carbocycles. The highest BCUT2D eigenvalue weighted by Crippen LogP contribution is 2.28. The summed E-state index contributed by atoms with van der Waals surface area (Å²) in [6.07, 6.45) is 1.09. The van der Waals surface area contributed by atoms with Gasteiger partial charge in [0.2, 0.25) is 0 Å². The number of amides is 1. The molecule has 1 aromatic carbocycles. The second kappa shape index (κ2) is 5.91. The number of hydrogen-bond acceptors (Lipinski definition) is 5. The first-order valence-electron chi connectivity index (χ1n) is 7.41. The molecule has 0 aromatic heterocycles. The second-order valence-electron chi connectivity index (χ2n) is 5.68. The summed E-state index contributed by atoms with van der Waals surface area (Å²) in [5.41, 5.74) is 13.4. The van der Waals surface area contributed by atoms with Crippen molar-refractivity contribution in [1.82, 2.24) is 4.90 Å². The topological polar surface area (TPSA) is 84.8 Å². The summed E-state index contributed by atoms with van der Waals surface area (Å²) in [6, 6.07) is 5.80. The standard InChI is InChI=1S/C15H22N4O2/c16-11-1-2-13(15(17)20)14(9-11)19-4-3-12(10-19)18-5-7-21-8-6-18/h1-2,9,12H,3-8,10,16H2,(H2,17,20). The molecule has 0 spiro atoms. The first-order valence-corrected chi connectivity index (χ1v) is 7.41. The van der Waals surface area contributed by atoms with Gasteiger partial charge in [0.1, 0.15) is 0 Å². The molecule has 2 heterocycles. The van der Waals surface area contributed by atoms with Gasteiger partial charge in [0.25, 0.3) is 5.91 Å². The number of rotatable bonds is 3. The van der Waals surface area contributed by atoms with Crippen molar-refractivity contribution < 1.29 is 9.53 Å². The van der Waals surface area contributed by atoms with Crippen LogP contribution in [0.2, 0.25) is 0 Å². The molecule has 4 N–H and O–H groups in total. The van der Waals surface area contributed by atoms with Gasteiger partial charge in [0, 0.05) is 37.9 Å². The zero-order chi connectivity index (χ0) is 14.8. The summed E-state index contributed by atoms with van der Waals surface area (Å²) in [6.45, 7) is 5.41. The smallest absolute Gasteiger partial charge is 0.250 e. The van der Waals surface area contributed by atoms with Gasteiger partial charge in [-0.25, -0.2) is 0 Å². The molecule has 1 amide bonds. The van der Waals surface area contributed by atoms with Crippen molar-refractivity contribution in [2.75, 3.05) is 50.0 Å². The first kappa shape index (κ1) is 14.2. The maximum atomic E-state index is 11.6. The Morgan fingerprint density at radius 3 is 2.71 bits per heavy atom. The third kappa shape index (κ3) is 2.96. The van der Waals surface area contributed by atoms with E-state index in [0.29, 0.717) is 17.3 Å². The van der Waals surface area contributed by atoms with Gasteiger partial charge >= 0.3 is 0 Å². The number of nitrogens with two attached hydrogens (primary N) is 2. The third-order valence-corrected chi connectivity index (χ3v) is 4.35.